The maximum absolute atomic E-state index is 11.9. The Morgan fingerprint density at radius 2 is 1.70 bits per heavy atom. The third-order valence-electron chi connectivity index (χ3n) is 3.01. The van der Waals surface area contributed by atoms with Crippen molar-refractivity contribution in [1.29, 1.82) is 0 Å². The van der Waals surface area contributed by atoms with E-state index >= 15 is 0 Å². The Bertz CT molecular complexity index is 652. The summed E-state index contributed by atoms with van der Waals surface area (Å²) in [6.07, 6.45) is 0. The Morgan fingerprint density at radius 1 is 1.13 bits per heavy atom. The van der Waals surface area contributed by atoms with E-state index in [1.165, 1.54) is 16.8 Å². The number of nitrogens with two attached hydrogens (primary N) is 1. The summed E-state index contributed by atoms with van der Waals surface area (Å²) in [4.78, 5) is 11.9. The van der Waals surface area contributed by atoms with Crippen LogP contribution in [-0.4, -0.2) is 15.5 Å². The van der Waals surface area contributed by atoms with E-state index in [-0.39, 0.29) is 11.2 Å². The number of nitrogens with zero attached hydrogens (tertiary/aromatic N) is 1. The summed E-state index contributed by atoms with van der Waals surface area (Å²) in [7, 11) is 0. The second-order valence-corrected chi connectivity index (χ2v) is 6.70. The predicted octanol–water partition coefficient (Wildman–Crippen LogP) is 2.92. The fourth-order valence-electron chi connectivity index (χ4n) is 1.87. The topological polar surface area (TPSA) is 70.4 Å². The molecule has 3 rings (SSSR count). The second-order valence-electron chi connectivity index (χ2n) is 4.68. The van der Waals surface area contributed by atoms with Crippen LogP contribution < -0.4 is 21.7 Å². The smallest absolute Gasteiger partial charge is 0.258 e. The lowest BCUT2D eigenvalue weighted by molar-refractivity contribution is -0.118. The fraction of sp³-hybridized carbons (Fsp3) is 0.125. The van der Waals surface area contributed by atoms with E-state index in [0.717, 1.165) is 11.4 Å². The van der Waals surface area contributed by atoms with Crippen LogP contribution >= 0.6 is 24.0 Å². The van der Waals surface area contributed by atoms with Gasteiger partial charge in [0.05, 0.1) is 10.9 Å². The number of carbonyl (C=O) groups is 1. The molecule has 2 aromatic rings. The van der Waals surface area contributed by atoms with Gasteiger partial charge in [-0.05, 0) is 31.2 Å². The van der Waals surface area contributed by atoms with Crippen LogP contribution in [0.2, 0.25) is 0 Å². The fourth-order valence-corrected chi connectivity index (χ4v) is 3.06. The molecule has 23 heavy (non-hydrogen) atoms. The molecule has 120 valence electrons. The molecular weight excluding hydrogens is 328 g/mol. The SMILES string of the molecule is CC1SC(=S)NN(c2ccccc2)C1=O.NNc1ccccc1. The molecule has 1 fully saturated rings. The van der Waals surface area contributed by atoms with E-state index < -0.39 is 0 Å². The van der Waals surface area contributed by atoms with Crippen molar-refractivity contribution in [3.63, 3.8) is 0 Å². The number of thioether (sulfide) groups is 1. The number of anilines is 2. The number of carbonyl (C=O) groups excluding carboxylic acids is 1. The van der Waals surface area contributed by atoms with E-state index in [9.17, 15) is 4.79 Å². The van der Waals surface area contributed by atoms with E-state index in [0.29, 0.717) is 4.32 Å². The molecule has 1 unspecified atom stereocenters. The van der Waals surface area contributed by atoms with E-state index in [1.807, 2.05) is 67.6 Å². The number of nitrogen functional groups attached to an aromatic ring is 1. The van der Waals surface area contributed by atoms with Gasteiger partial charge in [-0.25, -0.2) is 5.01 Å². The summed E-state index contributed by atoms with van der Waals surface area (Å²) in [5.41, 5.74) is 7.17. The molecule has 1 saturated heterocycles. The lowest BCUT2D eigenvalue weighted by atomic mass is 10.3. The summed E-state index contributed by atoms with van der Waals surface area (Å²) >= 11 is 6.45. The second kappa shape index (κ2) is 8.52. The molecular formula is C16H18N4OS2. The van der Waals surface area contributed by atoms with Crippen LogP contribution in [0.4, 0.5) is 11.4 Å². The van der Waals surface area contributed by atoms with Crippen molar-refractivity contribution in [3.05, 3.63) is 60.7 Å². The van der Waals surface area contributed by atoms with Gasteiger partial charge in [-0.2, -0.15) is 0 Å². The molecule has 1 atom stereocenters. The van der Waals surface area contributed by atoms with Gasteiger partial charge in [0, 0.05) is 5.69 Å². The molecule has 1 heterocycles. The Kier molecular flexibility index (Phi) is 6.40. The van der Waals surface area contributed by atoms with Crippen LogP contribution in [0.15, 0.2) is 60.7 Å². The summed E-state index contributed by atoms with van der Waals surface area (Å²) in [6, 6.07) is 19.0. The van der Waals surface area contributed by atoms with Crippen molar-refractivity contribution >= 4 is 45.6 Å². The van der Waals surface area contributed by atoms with Crippen molar-refractivity contribution in [1.82, 2.24) is 5.43 Å². The zero-order valence-corrected chi connectivity index (χ0v) is 14.2. The minimum absolute atomic E-state index is 0.0276. The number of para-hydroxylation sites is 2. The molecule has 1 aliphatic heterocycles. The molecule has 0 bridgehead atoms. The lowest BCUT2D eigenvalue weighted by Gasteiger charge is -2.31. The third kappa shape index (κ3) is 4.95. The Labute approximate surface area is 145 Å². The monoisotopic (exact) mass is 346 g/mol. The third-order valence-corrected chi connectivity index (χ3v) is 4.25. The van der Waals surface area contributed by atoms with Crippen molar-refractivity contribution in [2.75, 3.05) is 10.4 Å². The number of amides is 1. The molecule has 0 aromatic heterocycles. The molecule has 1 amide bonds. The number of rotatable bonds is 2. The first-order chi connectivity index (χ1) is 11.1. The van der Waals surface area contributed by atoms with E-state index in [2.05, 4.69) is 10.9 Å². The largest absolute Gasteiger partial charge is 0.324 e. The zero-order chi connectivity index (χ0) is 16.7. The van der Waals surface area contributed by atoms with Crippen molar-refractivity contribution < 1.29 is 4.79 Å². The molecule has 7 heteroatoms. The summed E-state index contributed by atoms with van der Waals surface area (Å²) in [5.74, 6) is 5.13. The Morgan fingerprint density at radius 3 is 2.22 bits per heavy atom. The minimum Gasteiger partial charge on any atom is -0.324 e. The van der Waals surface area contributed by atoms with Gasteiger partial charge in [0.15, 0.2) is 4.32 Å². The molecule has 1 aliphatic rings. The average molecular weight is 346 g/mol. The molecule has 4 N–H and O–H groups in total. The number of benzene rings is 2. The lowest BCUT2D eigenvalue weighted by Crippen LogP contribution is -2.52. The van der Waals surface area contributed by atoms with Gasteiger partial charge in [0.1, 0.15) is 0 Å². The highest BCUT2D eigenvalue weighted by Crippen LogP contribution is 2.23. The van der Waals surface area contributed by atoms with Crippen LogP contribution in [-0.2, 0) is 4.79 Å². The number of hydrogen-bond donors (Lipinski definition) is 3. The standard InChI is InChI=1S/C10H10N2OS2.C6H8N2/c1-7-9(13)12(11-10(14)15-7)8-5-3-2-4-6-8;7-8-6-4-2-1-3-5-6/h2-7H,1H3,(H,11,14);1-5,8H,7H2. The van der Waals surface area contributed by atoms with Crippen molar-refractivity contribution in [2.24, 2.45) is 5.84 Å². The summed E-state index contributed by atoms with van der Waals surface area (Å²) < 4.78 is 0.631. The Hall–Kier alpha value is -2.09. The summed E-state index contributed by atoms with van der Waals surface area (Å²) in [6.45, 7) is 1.86. The maximum Gasteiger partial charge on any atom is 0.258 e. The van der Waals surface area contributed by atoms with Gasteiger partial charge in [0.25, 0.3) is 5.91 Å². The first kappa shape index (κ1) is 17.3. The van der Waals surface area contributed by atoms with Crippen LogP contribution in [0.5, 0.6) is 0 Å². The van der Waals surface area contributed by atoms with Gasteiger partial charge in [-0.1, -0.05) is 60.4 Å². The maximum atomic E-state index is 11.9. The predicted molar refractivity (Wildman–Crippen MR) is 101 cm³/mol. The highest BCUT2D eigenvalue weighted by molar-refractivity contribution is 8.23. The molecule has 0 spiro atoms. The molecule has 0 saturated carbocycles. The number of hydrogen-bond acceptors (Lipinski definition) is 5. The highest BCUT2D eigenvalue weighted by atomic mass is 32.2. The van der Waals surface area contributed by atoms with Crippen LogP contribution in [0.3, 0.4) is 0 Å². The summed E-state index contributed by atoms with van der Waals surface area (Å²) in [5, 5.41) is 1.38. The molecule has 0 radical (unpaired) electrons. The van der Waals surface area contributed by atoms with Crippen LogP contribution in [0.25, 0.3) is 0 Å². The number of hydrazine groups is 2. The van der Waals surface area contributed by atoms with Gasteiger partial charge in [-0.15, -0.1) is 0 Å². The molecule has 0 aliphatic carbocycles. The first-order valence-corrected chi connectivity index (χ1v) is 8.28. The first-order valence-electron chi connectivity index (χ1n) is 6.99. The van der Waals surface area contributed by atoms with Gasteiger partial charge in [-0.3, -0.25) is 16.1 Å². The van der Waals surface area contributed by atoms with Crippen LogP contribution in [0.1, 0.15) is 6.92 Å². The number of thiocarbonyl (C=S) groups is 1. The van der Waals surface area contributed by atoms with Crippen molar-refractivity contribution in [3.8, 4) is 0 Å². The van der Waals surface area contributed by atoms with Gasteiger partial charge < -0.3 is 5.43 Å². The van der Waals surface area contributed by atoms with Crippen molar-refractivity contribution in [2.45, 2.75) is 12.2 Å². The zero-order valence-electron chi connectivity index (χ0n) is 12.6. The molecule has 5 nitrogen and oxygen atoms in total. The molecule has 2 aromatic carbocycles. The van der Waals surface area contributed by atoms with Gasteiger partial charge >= 0.3 is 0 Å². The van der Waals surface area contributed by atoms with E-state index in [1.54, 1.807) is 0 Å². The quantitative estimate of drug-likeness (QED) is 0.441. The average Bonchev–Trinajstić information content (AvgIpc) is 2.60. The number of nitrogens with one attached hydrogen (secondary N) is 2. The van der Waals surface area contributed by atoms with Crippen LogP contribution in [0, 0.1) is 0 Å². The minimum atomic E-state index is -0.126. The Balaban J connectivity index is 0.000000203. The van der Waals surface area contributed by atoms with E-state index in [4.69, 9.17) is 18.1 Å². The highest BCUT2D eigenvalue weighted by Gasteiger charge is 2.29. The normalized spacial score (nSPS) is 17.0. The van der Waals surface area contributed by atoms with Gasteiger partial charge in [0.2, 0.25) is 0 Å².